The van der Waals surface area contributed by atoms with Crippen molar-refractivity contribution < 1.29 is 18.7 Å². The summed E-state index contributed by atoms with van der Waals surface area (Å²) in [6.45, 7) is 0.484. The minimum absolute atomic E-state index is 0.160. The number of aromatic nitrogens is 3. The van der Waals surface area contributed by atoms with Crippen LogP contribution in [0.1, 0.15) is 27.7 Å². The molecule has 0 fully saturated rings. The minimum atomic E-state index is -0.661. The second-order valence-corrected chi connectivity index (χ2v) is 8.06. The lowest BCUT2D eigenvalue weighted by Gasteiger charge is -2.31. The molecule has 3 heterocycles. The van der Waals surface area contributed by atoms with Crippen molar-refractivity contribution in [2.24, 2.45) is 7.05 Å². The van der Waals surface area contributed by atoms with Crippen molar-refractivity contribution in [3.8, 4) is 5.75 Å². The molecular weight excluding hydrogens is 425 g/mol. The fraction of sp³-hybridized carbons (Fsp3) is 0.208. The van der Waals surface area contributed by atoms with Gasteiger partial charge < -0.3 is 19.9 Å². The molecule has 0 spiro atoms. The first-order valence-electron chi connectivity index (χ1n) is 10.5. The third-order valence-corrected chi connectivity index (χ3v) is 5.81. The third-order valence-electron chi connectivity index (χ3n) is 5.81. The lowest BCUT2D eigenvalue weighted by atomic mass is 9.95. The highest BCUT2D eigenvalue weighted by Gasteiger charge is 2.36. The molecule has 1 aliphatic heterocycles. The van der Waals surface area contributed by atoms with E-state index in [1.165, 1.54) is 19.2 Å². The number of H-pyrrole nitrogens is 1. The number of anilines is 1. The number of nitrogens with one attached hydrogen (secondary N) is 2. The number of hydrogen-bond acceptors (Lipinski definition) is 4. The summed E-state index contributed by atoms with van der Waals surface area (Å²) in [5, 5.41) is 8.13. The number of aromatic amines is 1. The Morgan fingerprint density at radius 3 is 2.85 bits per heavy atom. The van der Waals surface area contributed by atoms with Crippen LogP contribution in [0, 0.1) is 5.82 Å². The summed E-state index contributed by atoms with van der Waals surface area (Å²) >= 11 is 0. The molecule has 168 valence electrons. The van der Waals surface area contributed by atoms with E-state index in [1.807, 2.05) is 12.3 Å². The highest BCUT2D eigenvalue weighted by molar-refractivity contribution is 6.00. The van der Waals surface area contributed by atoms with E-state index in [0.717, 1.165) is 10.9 Å². The lowest BCUT2D eigenvalue weighted by molar-refractivity contribution is -0.118. The van der Waals surface area contributed by atoms with Crippen molar-refractivity contribution in [3.63, 3.8) is 0 Å². The number of methoxy groups -OCH3 is 1. The highest BCUT2D eigenvalue weighted by atomic mass is 19.1. The second kappa shape index (κ2) is 8.09. The fourth-order valence-corrected chi connectivity index (χ4v) is 4.26. The molecule has 0 bridgehead atoms. The van der Waals surface area contributed by atoms with Crippen molar-refractivity contribution >= 4 is 28.4 Å². The van der Waals surface area contributed by atoms with Crippen molar-refractivity contribution in [3.05, 3.63) is 77.5 Å². The predicted octanol–water partition coefficient (Wildman–Crippen LogP) is 3.43. The maximum Gasteiger partial charge on any atom is 0.270 e. The van der Waals surface area contributed by atoms with E-state index >= 15 is 0 Å². The molecule has 33 heavy (non-hydrogen) atoms. The molecule has 2 aromatic carbocycles. The molecule has 1 aliphatic rings. The van der Waals surface area contributed by atoms with Gasteiger partial charge in [-0.2, -0.15) is 5.10 Å². The molecule has 2 N–H and O–H groups in total. The molecule has 0 saturated heterocycles. The number of aryl methyl sites for hydroxylation is 1. The monoisotopic (exact) mass is 447 g/mol. The van der Waals surface area contributed by atoms with Crippen LogP contribution in [0.15, 0.2) is 54.7 Å². The Morgan fingerprint density at radius 1 is 1.21 bits per heavy atom. The van der Waals surface area contributed by atoms with Crippen molar-refractivity contribution in [1.82, 2.24) is 19.7 Å². The van der Waals surface area contributed by atoms with Crippen LogP contribution < -0.4 is 10.1 Å². The van der Waals surface area contributed by atoms with Gasteiger partial charge in [0.2, 0.25) is 5.91 Å². The SMILES string of the molecule is COc1ccccc1NC(=O)[C@@H]1CN(C(=O)c2cc3ccc(F)cc3[nH]2)Cc2cn(C)nc21. The van der Waals surface area contributed by atoms with Gasteiger partial charge in [0, 0.05) is 42.8 Å². The van der Waals surface area contributed by atoms with Gasteiger partial charge in [0.05, 0.1) is 18.5 Å². The number of carbonyl (C=O) groups is 2. The number of carbonyl (C=O) groups excluding carboxylic acids is 2. The van der Waals surface area contributed by atoms with Crippen LogP contribution in [0.4, 0.5) is 10.1 Å². The molecule has 9 heteroatoms. The van der Waals surface area contributed by atoms with Crippen LogP contribution in [-0.4, -0.2) is 45.1 Å². The summed E-state index contributed by atoms with van der Waals surface area (Å²) in [6.07, 6.45) is 1.82. The van der Waals surface area contributed by atoms with Crippen LogP contribution >= 0.6 is 0 Å². The standard InChI is InChI=1S/C24H22FN5O3/c1-29-11-15-12-30(24(32)20-9-14-7-8-16(25)10-19(14)26-20)13-17(22(15)28-29)23(31)27-18-5-3-4-6-21(18)33-2/h3-11,17,26H,12-13H2,1-2H3,(H,27,31)/t17-/m1/s1. The number of benzene rings is 2. The molecule has 8 nitrogen and oxygen atoms in total. The van der Waals surface area contributed by atoms with Gasteiger partial charge in [-0.05, 0) is 36.4 Å². The molecule has 0 aliphatic carbocycles. The Morgan fingerprint density at radius 2 is 2.03 bits per heavy atom. The van der Waals surface area contributed by atoms with Crippen LogP contribution in [0.2, 0.25) is 0 Å². The van der Waals surface area contributed by atoms with Crippen LogP contribution in [0.5, 0.6) is 5.75 Å². The molecule has 0 radical (unpaired) electrons. The Labute approximate surface area is 189 Å². The van der Waals surface area contributed by atoms with Gasteiger partial charge in [-0.15, -0.1) is 0 Å². The maximum atomic E-state index is 13.6. The summed E-state index contributed by atoms with van der Waals surface area (Å²) in [5.41, 5.74) is 2.88. The van der Waals surface area contributed by atoms with E-state index < -0.39 is 5.92 Å². The van der Waals surface area contributed by atoms with Crippen molar-refractivity contribution in [2.75, 3.05) is 19.0 Å². The van der Waals surface area contributed by atoms with E-state index in [4.69, 9.17) is 4.74 Å². The van der Waals surface area contributed by atoms with Gasteiger partial charge in [0.25, 0.3) is 5.91 Å². The summed E-state index contributed by atoms with van der Waals surface area (Å²) in [4.78, 5) is 31.2. The molecule has 1 atom stereocenters. The van der Waals surface area contributed by atoms with Crippen LogP contribution in [0.25, 0.3) is 10.9 Å². The van der Waals surface area contributed by atoms with Gasteiger partial charge in [0.15, 0.2) is 0 Å². The number of hydrogen-bond donors (Lipinski definition) is 2. The molecule has 4 aromatic rings. The van der Waals surface area contributed by atoms with Crippen LogP contribution in [-0.2, 0) is 18.4 Å². The lowest BCUT2D eigenvalue weighted by Crippen LogP contribution is -2.42. The van der Waals surface area contributed by atoms with E-state index in [0.29, 0.717) is 34.9 Å². The molecule has 0 saturated carbocycles. The number of para-hydroxylation sites is 2. The number of nitrogens with zero attached hydrogens (tertiary/aromatic N) is 3. The molecular formula is C24H22FN5O3. The Hall–Kier alpha value is -4.14. The molecule has 2 amide bonds. The van der Waals surface area contributed by atoms with Gasteiger partial charge in [0.1, 0.15) is 23.2 Å². The van der Waals surface area contributed by atoms with Crippen LogP contribution in [0.3, 0.4) is 0 Å². The number of amides is 2. The molecule has 0 unspecified atom stereocenters. The Kier molecular flexibility index (Phi) is 5.08. The highest BCUT2D eigenvalue weighted by Crippen LogP contribution is 2.31. The van der Waals surface area contributed by atoms with E-state index in [-0.39, 0.29) is 24.2 Å². The summed E-state index contributed by atoms with van der Waals surface area (Å²) < 4.78 is 20.5. The summed E-state index contributed by atoms with van der Waals surface area (Å²) in [5.74, 6) is -1.05. The average Bonchev–Trinajstić information content (AvgIpc) is 3.40. The number of ether oxygens (including phenoxy) is 1. The third kappa shape index (κ3) is 3.82. The number of rotatable bonds is 4. The molecule has 5 rings (SSSR count). The maximum absolute atomic E-state index is 13.6. The van der Waals surface area contributed by atoms with Crippen molar-refractivity contribution in [1.29, 1.82) is 0 Å². The topological polar surface area (TPSA) is 92.3 Å². The Bertz CT molecular complexity index is 1380. The van der Waals surface area contributed by atoms with Gasteiger partial charge in [-0.1, -0.05) is 12.1 Å². The largest absolute Gasteiger partial charge is 0.495 e. The first-order chi connectivity index (χ1) is 15.9. The first-order valence-corrected chi connectivity index (χ1v) is 10.5. The fourth-order valence-electron chi connectivity index (χ4n) is 4.26. The zero-order chi connectivity index (χ0) is 23.1. The van der Waals surface area contributed by atoms with E-state index in [9.17, 15) is 14.0 Å². The summed E-state index contributed by atoms with van der Waals surface area (Å²) in [7, 11) is 3.32. The first kappa shape index (κ1) is 20.7. The minimum Gasteiger partial charge on any atom is -0.495 e. The average molecular weight is 447 g/mol. The van der Waals surface area contributed by atoms with Crippen molar-refractivity contribution in [2.45, 2.75) is 12.5 Å². The summed E-state index contributed by atoms with van der Waals surface area (Å²) in [6, 6.07) is 13.2. The Balaban J connectivity index is 1.44. The van der Waals surface area contributed by atoms with Gasteiger partial charge in [-0.3, -0.25) is 14.3 Å². The van der Waals surface area contributed by atoms with Gasteiger partial charge >= 0.3 is 0 Å². The second-order valence-electron chi connectivity index (χ2n) is 8.06. The van der Waals surface area contributed by atoms with E-state index in [2.05, 4.69) is 15.4 Å². The number of halogens is 1. The quantitative estimate of drug-likeness (QED) is 0.501. The molecule has 2 aromatic heterocycles. The predicted molar refractivity (Wildman–Crippen MR) is 121 cm³/mol. The van der Waals surface area contributed by atoms with E-state index in [1.54, 1.807) is 47.0 Å². The zero-order valence-electron chi connectivity index (χ0n) is 18.1. The normalized spacial score (nSPS) is 15.4. The zero-order valence-corrected chi connectivity index (χ0v) is 18.1. The number of fused-ring (bicyclic) bond motifs is 2. The smallest absolute Gasteiger partial charge is 0.270 e. The van der Waals surface area contributed by atoms with Gasteiger partial charge in [-0.25, -0.2) is 4.39 Å².